The van der Waals surface area contributed by atoms with Crippen LogP contribution in [0.15, 0.2) is 30.3 Å². The largest absolute Gasteiger partial charge is 0.459 e. The smallest absolute Gasteiger partial charge is 0.324 e. The van der Waals surface area contributed by atoms with Gasteiger partial charge in [0.2, 0.25) is 0 Å². The molecule has 1 aromatic carbocycles. The van der Waals surface area contributed by atoms with E-state index in [9.17, 15) is 9.59 Å². The van der Waals surface area contributed by atoms with E-state index in [0.29, 0.717) is 5.56 Å². The SMILES string of the molecule is CC(=O)[C@@](C)(C(=O)OC(C)(C)C)c1ccccc1. The maximum Gasteiger partial charge on any atom is 0.324 e. The van der Waals surface area contributed by atoms with Crippen molar-refractivity contribution in [2.75, 3.05) is 0 Å². The molecule has 1 atom stereocenters. The zero-order valence-corrected chi connectivity index (χ0v) is 11.6. The van der Waals surface area contributed by atoms with Crippen molar-refractivity contribution in [3.05, 3.63) is 35.9 Å². The molecular formula is C15H20O3. The van der Waals surface area contributed by atoms with Crippen molar-refractivity contribution < 1.29 is 14.3 Å². The molecule has 0 aromatic heterocycles. The second-order valence-corrected chi connectivity index (χ2v) is 5.55. The van der Waals surface area contributed by atoms with Crippen molar-refractivity contribution in [3.8, 4) is 0 Å². The Kier molecular flexibility index (Phi) is 3.95. The minimum absolute atomic E-state index is 0.219. The predicted molar refractivity (Wildman–Crippen MR) is 70.3 cm³/mol. The van der Waals surface area contributed by atoms with Gasteiger partial charge >= 0.3 is 5.97 Å². The first kappa shape index (κ1) is 14.4. The Morgan fingerprint density at radius 1 is 1.00 bits per heavy atom. The van der Waals surface area contributed by atoms with Crippen LogP contribution in [0.3, 0.4) is 0 Å². The van der Waals surface area contributed by atoms with Gasteiger partial charge in [0.15, 0.2) is 5.78 Å². The van der Waals surface area contributed by atoms with Gasteiger partial charge in [0.05, 0.1) is 0 Å². The molecule has 0 bridgehead atoms. The average molecular weight is 248 g/mol. The average Bonchev–Trinajstić information content (AvgIpc) is 2.26. The third kappa shape index (κ3) is 2.97. The van der Waals surface area contributed by atoms with Gasteiger partial charge in [-0.1, -0.05) is 30.3 Å². The first-order valence-electron chi connectivity index (χ1n) is 5.98. The summed E-state index contributed by atoms with van der Waals surface area (Å²) in [6, 6.07) is 9.00. The number of Topliss-reactive ketones (excluding diaryl/α,β-unsaturated/α-hetero) is 1. The highest BCUT2D eigenvalue weighted by Crippen LogP contribution is 2.28. The van der Waals surface area contributed by atoms with Crippen LogP contribution in [0.2, 0.25) is 0 Å². The lowest BCUT2D eigenvalue weighted by Crippen LogP contribution is -2.44. The van der Waals surface area contributed by atoms with Crippen molar-refractivity contribution in [1.29, 1.82) is 0 Å². The lowest BCUT2D eigenvalue weighted by molar-refractivity contribution is -0.163. The molecule has 0 heterocycles. The first-order chi connectivity index (χ1) is 8.18. The van der Waals surface area contributed by atoms with Gasteiger partial charge in [-0.05, 0) is 40.2 Å². The maximum atomic E-state index is 12.3. The fourth-order valence-electron chi connectivity index (χ4n) is 1.62. The molecule has 18 heavy (non-hydrogen) atoms. The van der Waals surface area contributed by atoms with E-state index >= 15 is 0 Å². The molecule has 0 amide bonds. The van der Waals surface area contributed by atoms with E-state index in [1.807, 2.05) is 6.07 Å². The van der Waals surface area contributed by atoms with Crippen molar-refractivity contribution in [2.45, 2.75) is 45.6 Å². The standard InChI is InChI=1S/C15H20O3/c1-11(16)15(5,12-9-7-6-8-10-12)13(17)18-14(2,3)4/h6-10H,1-5H3/t15-/m1/s1. The van der Waals surface area contributed by atoms with Crippen LogP contribution in [0.5, 0.6) is 0 Å². The fourth-order valence-corrected chi connectivity index (χ4v) is 1.62. The number of hydrogen-bond donors (Lipinski definition) is 0. The van der Waals surface area contributed by atoms with Gasteiger partial charge in [-0.25, -0.2) is 0 Å². The topological polar surface area (TPSA) is 43.4 Å². The van der Waals surface area contributed by atoms with Crippen LogP contribution in [0.4, 0.5) is 0 Å². The van der Waals surface area contributed by atoms with Gasteiger partial charge in [-0.15, -0.1) is 0 Å². The number of carbonyl (C=O) groups is 2. The Morgan fingerprint density at radius 2 is 1.50 bits per heavy atom. The van der Waals surface area contributed by atoms with Crippen molar-refractivity contribution in [2.24, 2.45) is 0 Å². The molecule has 0 unspecified atom stereocenters. The summed E-state index contributed by atoms with van der Waals surface area (Å²) in [5.41, 5.74) is -1.19. The molecule has 1 aromatic rings. The van der Waals surface area contributed by atoms with E-state index in [1.54, 1.807) is 52.0 Å². The third-order valence-electron chi connectivity index (χ3n) is 2.86. The zero-order chi connectivity index (χ0) is 14.0. The van der Waals surface area contributed by atoms with E-state index in [1.165, 1.54) is 6.92 Å². The number of benzene rings is 1. The Labute approximate surface area is 108 Å². The second kappa shape index (κ2) is 4.92. The summed E-state index contributed by atoms with van der Waals surface area (Å²) in [4.78, 5) is 24.2. The Balaban J connectivity index is 3.17. The molecule has 0 radical (unpaired) electrons. The van der Waals surface area contributed by atoms with Gasteiger partial charge in [-0.3, -0.25) is 9.59 Å². The Bertz CT molecular complexity index is 443. The predicted octanol–water partition coefficient (Wildman–Crippen LogP) is 2.88. The fraction of sp³-hybridized carbons (Fsp3) is 0.467. The second-order valence-electron chi connectivity index (χ2n) is 5.55. The Hall–Kier alpha value is -1.64. The lowest BCUT2D eigenvalue weighted by atomic mass is 9.79. The first-order valence-corrected chi connectivity index (χ1v) is 5.98. The molecule has 0 spiro atoms. The number of esters is 1. The van der Waals surface area contributed by atoms with E-state index < -0.39 is 17.0 Å². The van der Waals surface area contributed by atoms with E-state index in [0.717, 1.165) is 0 Å². The quantitative estimate of drug-likeness (QED) is 0.610. The molecule has 0 aliphatic heterocycles. The van der Waals surface area contributed by atoms with Crippen LogP contribution in [-0.4, -0.2) is 17.4 Å². The summed E-state index contributed by atoms with van der Waals surface area (Å²) in [5, 5.41) is 0. The monoisotopic (exact) mass is 248 g/mol. The van der Waals surface area contributed by atoms with Crippen LogP contribution in [0.1, 0.15) is 40.2 Å². The summed E-state index contributed by atoms with van der Waals surface area (Å²) >= 11 is 0. The van der Waals surface area contributed by atoms with Gasteiger partial charge in [0.1, 0.15) is 11.0 Å². The van der Waals surface area contributed by atoms with Gasteiger partial charge < -0.3 is 4.74 Å². The maximum absolute atomic E-state index is 12.3. The van der Waals surface area contributed by atoms with Gasteiger partial charge in [0.25, 0.3) is 0 Å². The van der Waals surface area contributed by atoms with Crippen LogP contribution >= 0.6 is 0 Å². The summed E-state index contributed by atoms with van der Waals surface area (Å²) in [7, 11) is 0. The zero-order valence-electron chi connectivity index (χ0n) is 11.6. The Morgan fingerprint density at radius 3 is 1.89 bits per heavy atom. The molecular weight excluding hydrogens is 228 g/mol. The van der Waals surface area contributed by atoms with E-state index in [-0.39, 0.29) is 5.78 Å². The summed E-state index contributed by atoms with van der Waals surface area (Å²) in [6.45, 7) is 8.39. The molecule has 0 aliphatic carbocycles. The number of hydrogen-bond acceptors (Lipinski definition) is 3. The van der Waals surface area contributed by atoms with Crippen molar-refractivity contribution in [1.82, 2.24) is 0 Å². The molecule has 3 nitrogen and oxygen atoms in total. The highest BCUT2D eigenvalue weighted by atomic mass is 16.6. The molecule has 1 rings (SSSR count). The molecule has 0 aliphatic rings. The molecule has 0 N–H and O–H groups in total. The minimum Gasteiger partial charge on any atom is -0.459 e. The molecule has 0 fully saturated rings. The van der Waals surface area contributed by atoms with E-state index in [2.05, 4.69) is 0 Å². The molecule has 3 heteroatoms. The summed E-state index contributed by atoms with van der Waals surface area (Å²) < 4.78 is 5.36. The van der Waals surface area contributed by atoms with Gasteiger partial charge in [-0.2, -0.15) is 0 Å². The highest BCUT2D eigenvalue weighted by molar-refractivity contribution is 6.08. The molecule has 98 valence electrons. The number of carbonyl (C=O) groups excluding carboxylic acids is 2. The van der Waals surface area contributed by atoms with Crippen LogP contribution < -0.4 is 0 Å². The summed E-state index contributed by atoms with van der Waals surface area (Å²) in [6.07, 6.45) is 0. The van der Waals surface area contributed by atoms with Crippen LogP contribution in [0, 0.1) is 0 Å². The van der Waals surface area contributed by atoms with Crippen molar-refractivity contribution in [3.63, 3.8) is 0 Å². The number of ketones is 1. The minimum atomic E-state index is -1.24. The van der Waals surface area contributed by atoms with E-state index in [4.69, 9.17) is 4.74 Å². The van der Waals surface area contributed by atoms with Crippen LogP contribution in [0.25, 0.3) is 0 Å². The lowest BCUT2D eigenvalue weighted by Gasteiger charge is -2.29. The molecule has 0 saturated carbocycles. The van der Waals surface area contributed by atoms with Gasteiger partial charge in [0, 0.05) is 0 Å². The van der Waals surface area contributed by atoms with Crippen LogP contribution in [-0.2, 0) is 19.7 Å². The highest BCUT2D eigenvalue weighted by Gasteiger charge is 2.43. The third-order valence-corrected chi connectivity index (χ3v) is 2.86. The summed E-state index contributed by atoms with van der Waals surface area (Å²) in [5.74, 6) is -0.725. The molecule has 0 saturated heterocycles. The normalized spacial score (nSPS) is 14.7. The number of ether oxygens (including phenoxy) is 1. The van der Waals surface area contributed by atoms with Crippen molar-refractivity contribution >= 4 is 11.8 Å². The number of rotatable bonds is 3.